The van der Waals surface area contributed by atoms with Crippen molar-refractivity contribution in [3.8, 4) is 6.07 Å². The van der Waals surface area contributed by atoms with Crippen molar-refractivity contribution in [2.75, 3.05) is 0 Å². The summed E-state index contributed by atoms with van der Waals surface area (Å²) in [5.74, 6) is 0.150. The van der Waals surface area contributed by atoms with Crippen molar-refractivity contribution < 1.29 is 5.11 Å². The Hall–Kier alpha value is -1.51. The molecule has 3 heterocycles. The Bertz CT molecular complexity index is 467. The number of aliphatic hydroxyl groups is 1. The Balaban J connectivity index is 1.87. The number of hydrogen-bond acceptors (Lipinski definition) is 5. The highest BCUT2D eigenvalue weighted by Crippen LogP contribution is 2.38. The van der Waals surface area contributed by atoms with E-state index in [4.69, 9.17) is 5.26 Å². The zero-order valence-corrected chi connectivity index (χ0v) is 10.1. The van der Waals surface area contributed by atoms with Crippen molar-refractivity contribution in [1.82, 2.24) is 15.3 Å². The minimum atomic E-state index is -0.838. The molecule has 2 unspecified atom stereocenters. The largest absolute Gasteiger partial charge is 0.385 e. The van der Waals surface area contributed by atoms with Crippen LogP contribution in [-0.2, 0) is 5.60 Å². The van der Waals surface area contributed by atoms with Gasteiger partial charge in [-0.05, 0) is 25.7 Å². The SMILES string of the molecule is N#Cc1ncc(C2(O)CC3CCCC(C2)N3)cn1. The lowest BCUT2D eigenvalue weighted by Crippen LogP contribution is -2.54. The van der Waals surface area contributed by atoms with Crippen LogP contribution in [0.4, 0.5) is 0 Å². The van der Waals surface area contributed by atoms with Crippen LogP contribution < -0.4 is 5.32 Å². The van der Waals surface area contributed by atoms with Crippen LogP contribution in [0.15, 0.2) is 12.4 Å². The van der Waals surface area contributed by atoms with E-state index in [1.54, 1.807) is 12.4 Å². The molecule has 1 aromatic heterocycles. The normalized spacial score (nSPS) is 34.9. The summed E-state index contributed by atoms with van der Waals surface area (Å²) < 4.78 is 0. The van der Waals surface area contributed by atoms with Crippen LogP contribution in [0.5, 0.6) is 0 Å². The Morgan fingerprint density at radius 3 is 2.44 bits per heavy atom. The summed E-state index contributed by atoms with van der Waals surface area (Å²) in [6.07, 6.45) is 8.07. The highest BCUT2D eigenvalue weighted by Gasteiger charge is 2.42. The van der Waals surface area contributed by atoms with Crippen LogP contribution in [0.3, 0.4) is 0 Å². The number of rotatable bonds is 1. The zero-order chi connectivity index (χ0) is 12.6. The maximum Gasteiger partial charge on any atom is 0.232 e. The number of fused-ring (bicyclic) bond motifs is 2. The molecule has 5 nitrogen and oxygen atoms in total. The summed E-state index contributed by atoms with van der Waals surface area (Å²) in [7, 11) is 0. The van der Waals surface area contributed by atoms with Gasteiger partial charge in [-0.3, -0.25) is 0 Å². The van der Waals surface area contributed by atoms with E-state index in [1.165, 1.54) is 6.42 Å². The molecule has 0 spiro atoms. The lowest BCUT2D eigenvalue weighted by molar-refractivity contribution is -0.0363. The van der Waals surface area contributed by atoms with E-state index in [0.717, 1.165) is 18.4 Å². The average Bonchev–Trinajstić information content (AvgIpc) is 2.38. The number of piperidine rings is 2. The van der Waals surface area contributed by atoms with Gasteiger partial charge in [-0.15, -0.1) is 0 Å². The van der Waals surface area contributed by atoms with Crippen LogP contribution in [-0.4, -0.2) is 27.2 Å². The van der Waals surface area contributed by atoms with E-state index in [-0.39, 0.29) is 5.82 Å². The summed E-state index contributed by atoms with van der Waals surface area (Å²) in [6.45, 7) is 0. The van der Waals surface area contributed by atoms with Gasteiger partial charge in [0.2, 0.25) is 5.82 Å². The second kappa shape index (κ2) is 4.30. The first-order valence-electron chi connectivity index (χ1n) is 6.41. The number of nitrogens with one attached hydrogen (secondary N) is 1. The predicted molar refractivity (Wildman–Crippen MR) is 64.4 cm³/mol. The third-order valence-electron chi connectivity index (χ3n) is 4.03. The van der Waals surface area contributed by atoms with Gasteiger partial charge in [-0.25, -0.2) is 9.97 Å². The summed E-state index contributed by atoms with van der Waals surface area (Å²) in [4.78, 5) is 7.92. The van der Waals surface area contributed by atoms with Crippen molar-refractivity contribution in [2.45, 2.75) is 49.8 Å². The van der Waals surface area contributed by atoms with Gasteiger partial charge in [0.15, 0.2) is 0 Å². The first kappa shape index (κ1) is 11.6. The molecule has 0 aromatic carbocycles. The van der Waals surface area contributed by atoms with Gasteiger partial charge in [0.05, 0.1) is 5.60 Å². The van der Waals surface area contributed by atoms with E-state index in [2.05, 4.69) is 15.3 Å². The molecule has 0 radical (unpaired) electrons. The predicted octanol–water partition coefficient (Wildman–Crippen LogP) is 0.840. The van der Waals surface area contributed by atoms with Crippen LogP contribution in [0.2, 0.25) is 0 Å². The van der Waals surface area contributed by atoms with E-state index in [1.807, 2.05) is 6.07 Å². The zero-order valence-electron chi connectivity index (χ0n) is 10.1. The Kier molecular flexibility index (Phi) is 2.77. The Morgan fingerprint density at radius 1 is 1.28 bits per heavy atom. The van der Waals surface area contributed by atoms with Crippen molar-refractivity contribution in [2.24, 2.45) is 0 Å². The van der Waals surface area contributed by atoms with Crippen LogP contribution >= 0.6 is 0 Å². The van der Waals surface area contributed by atoms with Gasteiger partial charge in [-0.2, -0.15) is 5.26 Å². The van der Waals surface area contributed by atoms with Crippen molar-refractivity contribution in [3.05, 3.63) is 23.8 Å². The van der Waals surface area contributed by atoms with E-state index >= 15 is 0 Å². The molecule has 0 saturated carbocycles. The molecule has 2 aliphatic heterocycles. The third-order valence-corrected chi connectivity index (χ3v) is 4.03. The molecular weight excluding hydrogens is 228 g/mol. The average molecular weight is 244 g/mol. The van der Waals surface area contributed by atoms with Crippen molar-refractivity contribution >= 4 is 0 Å². The van der Waals surface area contributed by atoms with Crippen molar-refractivity contribution in [3.63, 3.8) is 0 Å². The van der Waals surface area contributed by atoms with Gasteiger partial charge in [-0.1, -0.05) is 6.42 Å². The molecular formula is C13H16N4O. The van der Waals surface area contributed by atoms with E-state index in [0.29, 0.717) is 24.9 Å². The quantitative estimate of drug-likeness (QED) is 0.765. The van der Waals surface area contributed by atoms with E-state index in [9.17, 15) is 5.11 Å². The Labute approximate surface area is 106 Å². The van der Waals surface area contributed by atoms with Crippen molar-refractivity contribution in [1.29, 1.82) is 5.26 Å². The highest BCUT2D eigenvalue weighted by molar-refractivity contribution is 5.21. The summed E-state index contributed by atoms with van der Waals surface area (Å²) in [6, 6.07) is 2.67. The topological polar surface area (TPSA) is 81.8 Å². The minimum absolute atomic E-state index is 0.150. The molecule has 2 fully saturated rings. The van der Waals surface area contributed by atoms with Crippen LogP contribution in [0, 0.1) is 11.3 Å². The fraction of sp³-hybridized carbons (Fsp3) is 0.615. The molecule has 0 aliphatic carbocycles. The van der Waals surface area contributed by atoms with Gasteiger partial charge in [0, 0.05) is 30.0 Å². The van der Waals surface area contributed by atoms with Crippen LogP contribution in [0.25, 0.3) is 0 Å². The van der Waals surface area contributed by atoms with Gasteiger partial charge in [0.1, 0.15) is 6.07 Å². The molecule has 2 bridgehead atoms. The lowest BCUT2D eigenvalue weighted by atomic mass is 9.74. The molecule has 1 aromatic rings. The second-order valence-corrected chi connectivity index (χ2v) is 5.34. The lowest BCUT2D eigenvalue weighted by Gasteiger charge is -2.45. The molecule has 94 valence electrons. The number of aromatic nitrogens is 2. The molecule has 2 aliphatic rings. The monoisotopic (exact) mass is 244 g/mol. The second-order valence-electron chi connectivity index (χ2n) is 5.34. The van der Waals surface area contributed by atoms with Crippen LogP contribution in [0.1, 0.15) is 43.5 Å². The van der Waals surface area contributed by atoms with Gasteiger partial charge >= 0.3 is 0 Å². The summed E-state index contributed by atoms with van der Waals surface area (Å²) in [5.41, 5.74) is -0.102. The maximum absolute atomic E-state index is 10.8. The molecule has 18 heavy (non-hydrogen) atoms. The first-order valence-corrected chi connectivity index (χ1v) is 6.41. The smallest absolute Gasteiger partial charge is 0.232 e. The van der Waals surface area contributed by atoms with Gasteiger partial charge in [0.25, 0.3) is 0 Å². The standard InChI is InChI=1S/C13H16N4O/c14-6-12-15-7-9(8-16-12)13(18)4-10-2-1-3-11(5-13)17-10/h7-8,10-11,17-18H,1-5H2. The number of nitrogens with zero attached hydrogens (tertiary/aromatic N) is 3. The fourth-order valence-electron chi connectivity index (χ4n) is 3.19. The van der Waals surface area contributed by atoms with E-state index < -0.39 is 5.60 Å². The Morgan fingerprint density at radius 2 is 1.89 bits per heavy atom. The fourth-order valence-corrected chi connectivity index (χ4v) is 3.19. The molecule has 0 amide bonds. The summed E-state index contributed by atoms with van der Waals surface area (Å²) >= 11 is 0. The molecule has 2 saturated heterocycles. The third kappa shape index (κ3) is 1.98. The maximum atomic E-state index is 10.8. The molecule has 2 N–H and O–H groups in total. The minimum Gasteiger partial charge on any atom is -0.385 e. The molecule has 5 heteroatoms. The number of hydrogen-bond donors (Lipinski definition) is 2. The summed E-state index contributed by atoms with van der Waals surface area (Å²) in [5, 5.41) is 23.0. The molecule has 2 atom stereocenters. The first-order chi connectivity index (χ1) is 8.69. The number of nitriles is 1. The molecule has 3 rings (SSSR count). The van der Waals surface area contributed by atoms with Gasteiger partial charge < -0.3 is 10.4 Å². The highest BCUT2D eigenvalue weighted by atomic mass is 16.3.